The first-order chi connectivity index (χ1) is 16.7. The molecule has 0 radical (unpaired) electrons. The first-order valence-electron chi connectivity index (χ1n) is 13.3. The van der Waals surface area contributed by atoms with Gasteiger partial charge in [0.15, 0.2) is 11.6 Å². The maximum atomic E-state index is 14.2. The van der Waals surface area contributed by atoms with Crippen molar-refractivity contribution < 1.29 is 34.5 Å². The van der Waals surface area contributed by atoms with Crippen LogP contribution in [-0.2, 0) is 19.2 Å². The van der Waals surface area contributed by atoms with Gasteiger partial charge in [0.25, 0.3) is 0 Å². The molecule has 0 bridgehead atoms. The molecule has 0 spiro atoms. The Morgan fingerprint density at radius 1 is 1.03 bits per heavy atom. The zero-order valence-electron chi connectivity index (χ0n) is 23.3. The number of Topliss-reactive ketones (excluding diaryl/α,β-unsaturated/α-hetero) is 3. The SMILES string of the molecule is CC(C)(O)/C=C/C(=O)[C@](C)(O)C1[C@H](O)C[C@@]2(C)C3CC=C4C(CC(=O)C(=O)C4(C)C)[C@]3(C)C(=O)C[C@]12C. The van der Waals surface area contributed by atoms with Crippen molar-refractivity contribution in [1.82, 2.24) is 0 Å². The number of hydrogen-bond donors (Lipinski definition) is 3. The van der Waals surface area contributed by atoms with Crippen LogP contribution in [-0.4, -0.2) is 55.8 Å². The summed E-state index contributed by atoms with van der Waals surface area (Å²) in [6, 6.07) is 0. The van der Waals surface area contributed by atoms with Gasteiger partial charge in [0, 0.05) is 30.1 Å². The van der Waals surface area contributed by atoms with Gasteiger partial charge in [-0.3, -0.25) is 19.2 Å². The van der Waals surface area contributed by atoms with E-state index in [0.717, 1.165) is 11.6 Å². The van der Waals surface area contributed by atoms with E-state index in [0.29, 0.717) is 12.8 Å². The van der Waals surface area contributed by atoms with Crippen LogP contribution < -0.4 is 0 Å². The second-order valence-electron chi connectivity index (χ2n) is 14.0. The normalized spacial score (nSPS) is 43.1. The van der Waals surface area contributed by atoms with Gasteiger partial charge in [-0.2, -0.15) is 0 Å². The molecule has 0 aliphatic heterocycles. The van der Waals surface area contributed by atoms with Gasteiger partial charge in [-0.1, -0.05) is 38.5 Å². The summed E-state index contributed by atoms with van der Waals surface area (Å²) in [5.74, 6) is -3.09. The summed E-state index contributed by atoms with van der Waals surface area (Å²) >= 11 is 0. The molecule has 0 aromatic heterocycles. The highest BCUT2D eigenvalue weighted by atomic mass is 16.3. The molecule has 7 heteroatoms. The van der Waals surface area contributed by atoms with Crippen molar-refractivity contribution >= 4 is 23.1 Å². The molecule has 204 valence electrons. The third-order valence-electron chi connectivity index (χ3n) is 11.0. The third-order valence-corrected chi connectivity index (χ3v) is 11.0. The predicted octanol–water partition coefficient (Wildman–Crippen LogP) is 3.14. The van der Waals surface area contributed by atoms with Crippen LogP contribution in [0.2, 0.25) is 0 Å². The lowest BCUT2D eigenvalue weighted by molar-refractivity contribution is -0.182. The summed E-state index contributed by atoms with van der Waals surface area (Å²) in [6.07, 6.45) is 4.32. The Bertz CT molecular complexity index is 1140. The summed E-state index contributed by atoms with van der Waals surface area (Å²) in [6.45, 7) is 13.8. The number of fused-ring (bicyclic) bond motifs is 5. The molecule has 4 aliphatic rings. The summed E-state index contributed by atoms with van der Waals surface area (Å²) < 4.78 is 0. The Morgan fingerprint density at radius 2 is 1.62 bits per heavy atom. The van der Waals surface area contributed by atoms with E-state index in [-0.39, 0.29) is 24.5 Å². The summed E-state index contributed by atoms with van der Waals surface area (Å²) in [5, 5.41) is 33.0. The highest BCUT2D eigenvalue weighted by Gasteiger charge is 2.74. The lowest BCUT2D eigenvalue weighted by atomic mass is 9.38. The predicted molar refractivity (Wildman–Crippen MR) is 137 cm³/mol. The van der Waals surface area contributed by atoms with Crippen LogP contribution in [0, 0.1) is 39.4 Å². The van der Waals surface area contributed by atoms with Crippen LogP contribution in [0.5, 0.6) is 0 Å². The smallest absolute Gasteiger partial charge is 0.207 e. The van der Waals surface area contributed by atoms with Crippen LogP contribution >= 0.6 is 0 Å². The largest absolute Gasteiger partial charge is 0.393 e. The quantitative estimate of drug-likeness (QED) is 0.299. The number of carbonyl (C=O) groups is 4. The van der Waals surface area contributed by atoms with E-state index in [2.05, 4.69) is 0 Å². The molecule has 4 aliphatic carbocycles. The lowest BCUT2D eigenvalue weighted by Crippen LogP contribution is -2.65. The van der Waals surface area contributed by atoms with Gasteiger partial charge in [-0.05, 0) is 70.3 Å². The van der Waals surface area contributed by atoms with Crippen molar-refractivity contribution in [2.45, 2.75) is 98.4 Å². The molecule has 0 aromatic rings. The highest BCUT2D eigenvalue weighted by Crippen LogP contribution is 2.73. The maximum absolute atomic E-state index is 14.2. The van der Waals surface area contributed by atoms with Crippen LogP contribution in [0.4, 0.5) is 0 Å². The summed E-state index contributed by atoms with van der Waals surface area (Å²) in [7, 11) is 0. The van der Waals surface area contributed by atoms with E-state index in [4.69, 9.17) is 0 Å². The molecule has 0 aromatic carbocycles. The molecule has 0 heterocycles. The topological polar surface area (TPSA) is 129 Å². The van der Waals surface area contributed by atoms with E-state index >= 15 is 0 Å². The molecule has 3 saturated carbocycles. The van der Waals surface area contributed by atoms with Gasteiger partial charge in [-0.15, -0.1) is 0 Å². The molecule has 3 N–H and O–H groups in total. The first-order valence-corrected chi connectivity index (χ1v) is 13.3. The second kappa shape index (κ2) is 8.03. The van der Waals surface area contributed by atoms with Crippen LogP contribution in [0.15, 0.2) is 23.8 Å². The molecule has 3 unspecified atom stereocenters. The molecular formula is C30H42O7. The Balaban J connectivity index is 1.81. The molecule has 8 atom stereocenters. The molecule has 3 fully saturated rings. The van der Waals surface area contributed by atoms with E-state index in [1.807, 2.05) is 26.8 Å². The average Bonchev–Trinajstić information content (AvgIpc) is 2.96. The molecule has 37 heavy (non-hydrogen) atoms. The van der Waals surface area contributed by atoms with Crippen molar-refractivity contribution in [2.24, 2.45) is 39.4 Å². The van der Waals surface area contributed by atoms with Crippen molar-refractivity contribution in [1.29, 1.82) is 0 Å². The molecule has 0 amide bonds. The molecule has 7 nitrogen and oxygen atoms in total. The fraction of sp³-hybridized carbons (Fsp3) is 0.733. The van der Waals surface area contributed by atoms with E-state index < -0.39 is 68.2 Å². The fourth-order valence-electron chi connectivity index (χ4n) is 8.82. The molecular weight excluding hydrogens is 472 g/mol. The van der Waals surface area contributed by atoms with Crippen molar-refractivity contribution in [3.8, 4) is 0 Å². The number of aliphatic hydroxyl groups excluding tert-OH is 1. The van der Waals surface area contributed by atoms with Crippen LogP contribution in [0.25, 0.3) is 0 Å². The number of aliphatic hydroxyl groups is 3. The van der Waals surface area contributed by atoms with Gasteiger partial charge < -0.3 is 15.3 Å². The monoisotopic (exact) mass is 514 g/mol. The van der Waals surface area contributed by atoms with Crippen molar-refractivity contribution in [2.75, 3.05) is 0 Å². The second-order valence-corrected chi connectivity index (χ2v) is 14.0. The summed E-state index contributed by atoms with van der Waals surface area (Å²) in [5.41, 5.74) is -5.75. The van der Waals surface area contributed by atoms with E-state index in [9.17, 15) is 34.5 Å². The average molecular weight is 515 g/mol. The number of carbonyl (C=O) groups excluding carboxylic acids is 4. The Labute approximate surface area is 219 Å². The van der Waals surface area contributed by atoms with Crippen molar-refractivity contribution in [3.63, 3.8) is 0 Å². The minimum absolute atomic E-state index is 0.00353. The standard InChI is InChI=1S/C30H42O7/c1-25(2,36)12-11-21(33)30(8,37)23-19(32)14-27(5)20-10-9-16-17(13-18(31)24(35)26(16,3)4)29(20,7)22(34)15-28(23,27)6/h9,11-12,17,19-20,23,32,36-37H,10,13-15H2,1-8H3/b12-11+/t17?,19-,20?,23?,27+,28-,29+,30+/m1/s1. The number of rotatable bonds is 4. The Kier molecular flexibility index (Phi) is 6.09. The van der Waals surface area contributed by atoms with Gasteiger partial charge >= 0.3 is 0 Å². The van der Waals surface area contributed by atoms with Gasteiger partial charge in [0.05, 0.1) is 17.1 Å². The Morgan fingerprint density at radius 3 is 2.19 bits per heavy atom. The van der Waals surface area contributed by atoms with Gasteiger partial charge in [0.2, 0.25) is 5.78 Å². The molecule has 4 rings (SSSR count). The van der Waals surface area contributed by atoms with Crippen LogP contribution in [0.1, 0.15) is 81.1 Å². The fourth-order valence-corrected chi connectivity index (χ4v) is 8.82. The zero-order valence-corrected chi connectivity index (χ0v) is 23.3. The lowest BCUT2D eigenvalue weighted by Gasteiger charge is -2.64. The maximum Gasteiger partial charge on any atom is 0.207 e. The Hall–Kier alpha value is -1.96. The van der Waals surface area contributed by atoms with E-state index in [1.54, 1.807) is 13.8 Å². The first kappa shape index (κ1) is 28.1. The van der Waals surface area contributed by atoms with Crippen LogP contribution in [0.3, 0.4) is 0 Å². The highest BCUT2D eigenvalue weighted by molar-refractivity contribution is 6.40. The minimum Gasteiger partial charge on any atom is -0.393 e. The zero-order chi connectivity index (χ0) is 28.1. The van der Waals surface area contributed by atoms with Crippen molar-refractivity contribution in [3.05, 3.63) is 23.8 Å². The molecule has 0 saturated heterocycles. The summed E-state index contributed by atoms with van der Waals surface area (Å²) in [4.78, 5) is 52.9. The number of allylic oxidation sites excluding steroid dienone is 2. The number of ketones is 4. The minimum atomic E-state index is -1.97. The van der Waals surface area contributed by atoms with Gasteiger partial charge in [0.1, 0.15) is 11.4 Å². The number of hydrogen-bond acceptors (Lipinski definition) is 7. The third kappa shape index (κ3) is 3.64. The van der Waals surface area contributed by atoms with Gasteiger partial charge in [-0.25, -0.2) is 0 Å². The van der Waals surface area contributed by atoms with E-state index in [1.165, 1.54) is 26.8 Å².